The highest BCUT2D eigenvalue weighted by Crippen LogP contribution is 2.44. The van der Waals surface area contributed by atoms with E-state index in [1.54, 1.807) is 24.3 Å². The molecule has 5 heteroatoms. The molecule has 1 heterocycles. The van der Waals surface area contributed by atoms with Crippen molar-refractivity contribution in [1.82, 2.24) is 0 Å². The molecular weight excluding hydrogens is 460 g/mol. The van der Waals surface area contributed by atoms with Gasteiger partial charge in [0.1, 0.15) is 5.75 Å². The van der Waals surface area contributed by atoms with Crippen LogP contribution in [0.15, 0.2) is 114 Å². The summed E-state index contributed by atoms with van der Waals surface area (Å²) in [5, 5.41) is 17.2. The minimum atomic E-state index is -0.434. The van der Waals surface area contributed by atoms with Gasteiger partial charge in [0.05, 0.1) is 17.4 Å². The van der Waals surface area contributed by atoms with Crippen LogP contribution >= 0.6 is 0 Å². The predicted molar refractivity (Wildman–Crippen MR) is 145 cm³/mol. The zero-order chi connectivity index (χ0) is 25.4. The van der Waals surface area contributed by atoms with Crippen molar-refractivity contribution < 1.29 is 14.7 Å². The van der Waals surface area contributed by atoms with Gasteiger partial charge in [-0.05, 0) is 53.8 Å². The van der Waals surface area contributed by atoms with E-state index in [4.69, 9.17) is 0 Å². The predicted octanol–water partition coefficient (Wildman–Crippen LogP) is 6.60. The van der Waals surface area contributed by atoms with E-state index in [-0.39, 0.29) is 23.2 Å². The number of hydrogen-bond acceptors (Lipinski definition) is 5. The number of ketones is 2. The summed E-state index contributed by atoms with van der Waals surface area (Å²) < 4.78 is 0. The summed E-state index contributed by atoms with van der Waals surface area (Å²) in [6.07, 6.45) is 1.08. The summed E-state index contributed by atoms with van der Waals surface area (Å²) in [6.45, 7) is 0. The Morgan fingerprint density at radius 2 is 1.46 bits per heavy atom. The molecule has 1 aliphatic carbocycles. The number of nitrogens with one attached hydrogen (secondary N) is 2. The van der Waals surface area contributed by atoms with Crippen LogP contribution < -0.4 is 10.6 Å². The van der Waals surface area contributed by atoms with E-state index in [1.807, 2.05) is 66.7 Å². The molecule has 2 atom stereocenters. The SMILES string of the molecule is O=C1C[C@H](c2ccccc2)CC2=C1[C@H](c1cccc(O)c1)Nc1ccc(C(=O)c3ccccc3)cc1N2. The van der Waals surface area contributed by atoms with Crippen molar-refractivity contribution in [1.29, 1.82) is 0 Å². The Bertz CT molecular complexity index is 1530. The van der Waals surface area contributed by atoms with Crippen molar-refractivity contribution in [3.8, 4) is 5.75 Å². The third-order valence-electron chi connectivity index (χ3n) is 7.17. The molecule has 0 saturated heterocycles. The fourth-order valence-corrected chi connectivity index (χ4v) is 5.36. The van der Waals surface area contributed by atoms with Crippen molar-refractivity contribution in [2.75, 3.05) is 10.6 Å². The Morgan fingerprint density at radius 3 is 2.22 bits per heavy atom. The molecule has 0 bridgehead atoms. The molecule has 0 amide bonds. The number of hydrogen-bond donors (Lipinski definition) is 3. The normalized spacial score (nSPS) is 18.6. The fraction of sp³-hybridized carbons (Fsp3) is 0.125. The first kappa shape index (κ1) is 22.8. The molecule has 0 unspecified atom stereocenters. The minimum absolute atomic E-state index is 0.0560. The topological polar surface area (TPSA) is 78.4 Å². The van der Waals surface area contributed by atoms with Crippen LogP contribution in [0.5, 0.6) is 5.75 Å². The van der Waals surface area contributed by atoms with Gasteiger partial charge in [0.25, 0.3) is 0 Å². The summed E-state index contributed by atoms with van der Waals surface area (Å²) >= 11 is 0. The van der Waals surface area contributed by atoms with Crippen LogP contribution in [0, 0.1) is 0 Å². The van der Waals surface area contributed by atoms with Gasteiger partial charge in [-0.15, -0.1) is 0 Å². The van der Waals surface area contributed by atoms with E-state index in [2.05, 4.69) is 22.8 Å². The maximum atomic E-state index is 13.7. The number of phenols is 1. The van der Waals surface area contributed by atoms with Gasteiger partial charge in [0.2, 0.25) is 0 Å². The smallest absolute Gasteiger partial charge is 0.193 e. The average molecular weight is 487 g/mol. The monoisotopic (exact) mass is 486 g/mol. The number of aromatic hydroxyl groups is 1. The molecule has 2 aliphatic rings. The summed E-state index contributed by atoms with van der Waals surface area (Å²) in [4.78, 5) is 26.9. The van der Waals surface area contributed by atoms with Gasteiger partial charge < -0.3 is 15.7 Å². The van der Waals surface area contributed by atoms with Crippen LogP contribution in [-0.2, 0) is 4.79 Å². The standard InChI is InChI=1S/C32H26N2O3/c35-25-13-7-12-22(16-25)31-30-28(18-24(19-29(30)36)20-8-3-1-4-9-20)33-27-17-23(14-15-26(27)34-31)32(37)21-10-5-2-6-11-21/h1-17,24,31,33-35H,18-19H2/t24-,31+/m1/s1. The third kappa shape index (κ3) is 4.40. The zero-order valence-electron chi connectivity index (χ0n) is 20.1. The summed E-state index contributed by atoms with van der Waals surface area (Å²) in [6, 6.07) is 31.4. The van der Waals surface area contributed by atoms with Crippen LogP contribution in [0.25, 0.3) is 0 Å². The highest BCUT2D eigenvalue weighted by molar-refractivity contribution is 6.10. The lowest BCUT2D eigenvalue weighted by molar-refractivity contribution is -0.116. The average Bonchev–Trinajstić information content (AvgIpc) is 3.10. The molecule has 182 valence electrons. The molecule has 0 fully saturated rings. The number of Topliss-reactive ketones (excluding diaryl/α,β-unsaturated/α-hetero) is 1. The second-order valence-corrected chi connectivity index (χ2v) is 9.58. The Hall–Kier alpha value is -4.64. The Balaban J connectivity index is 1.44. The van der Waals surface area contributed by atoms with Crippen LogP contribution in [0.2, 0.25) is 0 Å². The van der Waals surface area contributed by atoms with Crippen molar-refractivity contribution >= 4 is 22.9 Å². The molecule has 1 aliphatic heterocycles. The number of carbonyl (C=O) groups is 2. The Kier molecular flexibility index (Phi) is 5.81. The largest absolute Gasteiger partial charge is 0.508 e. The van der Waals surface area contributed by atoms with Gasteiger partial charge in [-0.1, -0.05) is 72.8 Å². The van der Waals surface area contributed by atoms with Gasteiger partial charge >= 0.3 is 0 Å². The zero-order valence-corrected chi connectivity index (χ0v) is 20.1. The maximum Gasteiger partial charge on any atom is 0.193 e. The lowest BCUT2D eigenvalue weighted by Crippen LogP contribution is -2.26. The number of carbonyl (C=O) groups excluding carboxylic acids is 2. The van der Waals surface area contributed by atoms with Crippen LogP contribution in [0.1, 0.15) is 51.8 Å². The van der Waals surface area contributed by atoms with Crippen molar-refractivity contribution in [2.24, 2.45) is 0 Å². The van der Waals surface area contributed by atoms with E-state index in [1.165, 1.54) is 0 Å². The molecule has 4 aromatic rings. The number of phenolic OH excluding ortho intramolecular Hbond substituents is 1. The number of allylic oxidation sites excluding steroid dienone is 1. The number of fused-ring (bicyclic) bond motifs is 1. The second kappa shape index (κ2) is 9.43. The lowest BCUT2D eigenvalue weighted by Gasteiger charge is -2.30. The Labute approximate surface area is 215 Å². The molecule has 0 spiro atoms. The highest BCUT2D eigenvalue weighted by atomic mass is 16.3. The molecule has 4 aromatic carbocycles. The summed E-state index contributed by atoms with van der Waals surface area (Å²) in [5.41, 5.74) is 6.17. The van der Waals surface area contributed by atoms with Gasteiger partial charge in [-0.2, -0.15) is 0 Å². The molecular formula is C32H26N2O3. The van der Waals surface area contributed by atoms with E-state index in [0.29, 0.717) is 29.5 Å². The van der Waals surface area contributed by atoms with Gasteiger partial charge in [-0.25, -0.2) is 0 Å². The third-order valence-corrected chi connectivity index (χ3v) is 7.17. The lowest BCUT2D eigenvalue weighted by atomic mass is 9.78. The molecule has 37 heavy (non-hydrogen) atoms. The number of benzene rings is 4. The molecule has 3 N–H and O–H groups in total. The van der Waals surface area contributed by atoms with Gasteiger partial charge in [0.15, 0.2) is 11.6 Å². The van der Waals surface area contributed by atoms with E-state index in [0.717, 1.165) is 28.2 Å². The Morgan fingerprint density at radius 1 is 0.730 bits per heavy atom. The first-order valence-corrected chi connectivity index (χ1v) is 12.4. The quantitative estimate of drug-likeness (QED) is 0.283. The van der Waals surface area contributed by atoms with E-state index < -0.39 is 6.04 Å². The maximum absolute atomic E-state index is 13.7. The minimum Gasteiger partial charge on any atom is -0.508 e. The fourth-order valence-electron chi connectivity index (χ4n) is 5.36. The number of anilines is 2. The molecule has 0 aromatic heterocycles. The van der Waals surface area contributed by atoms with Gasteiger partial charge in [-0.3, -0.25) is 9.59 Å². The van der Waals surface area contributed by atoms with Gasteiger partial charge in [0, 0.05) is 28.8 Å². The van der Waals surface area contributed by atoms with E-state index in [9.17, 15) is 14.7 Å². The second-order valence-electron chi connectivity index (χ2n) is 9.58. The van der Waals surface area contributed by atoms with Crippen LogP contribution in [-0.4, -0.2) is 16.7 Å². The van der Waals surface area contributed by atoms with E-state index >= 15 is 0 Å². The van der Waals surface area contributed by atoms with Crippen molar-refractivity contribution in [3.05, 3.63) is 137 Å². The molecule has 0 radical (unpaired) electrons. The first-order valence-electron chi connectivity index (χ1n) is 12.4. The summed E-state index contributed by atoms with van der Waals surface area (Å²) in [7, 11) is 0. The first-order chi connectivity index (χ1) is 18.1. The van der Waals surface area contributed by atoms with Crippen molar-refractivity contribution in [2.45, 2.75) is 24.8 Å². The molecule has 0 saturated carbocycles. The van der Waals surface area contributed by atoms with Crippen LogP contribution in [0.4, 0.5) is 11.4 Å². The molecule has 6 rings (SSSR count). The molecule has 5 nitrogen and oxygen atoms in total. The number of rotatable bonds is 4. The van der Waals surface area contributed by atoms with Crippen molar-refractivity contribution in [3.63, 3.8) is 0 Å². The highest BCUT2D eigenvalue weighted by Gasteiger charge is 2.36. The van der Waals surface area contributed by atoms with Crippen LogP contribution in [0.3, 0.4) is 0 Å². The summed E-state index contributed by atoms with van der Waals surface area (Å²) in [5.74, 6) is 0.209.